The number of rotatable bonds is 9. The molecule has 0 aromatic heterocycles. The summed E-state index contributed by atoms with van der Waals surface area (Å²) in [5, 5.41) is 21.4. The summed E-state index contributed by atoms with van der Waals surface area (Å²) >= 11 is 6.31. The molecule has 0 bridgehead atoms. The lowest BCUT2D eigenvalue weighted by molar-refractivity contribution is -0.384. The number of carbonyl (C=O) groups is 2. The number of allylic oxidation sites excluding steroid dienone is 1. The number of ether oxygens (including phenoxy) is 2. The van der Waals surface area contributed by atoms with Crippen LogP contribution in [0.3, 0.4) is 0 Å². The molecule has 0 saturated carbocycles. The second kappa shape index (κ2) is 11.5. The zero-order valence-electron chi connectivity index (χ0n) is 22.3. The third-order valence-electron chi connectivity index (χ3n) is 8.15. The zero-order valence-corrected chi connectivity index (χ0v) is 23.1. The number of benzene rings is 2. The molecule has 1 aliphatic carbocycles. The summed E-state index contributed by atoms with van der Waals surface area (Å²) in [6, 6.07) is 10.5. The van der Waals surface area contributed by atoms with Gasteiger partial charge >= 0.3 is 0 Å². The normalized spacial score (nSPS) is 24.5. The molecule has 2 fully saturated rings. The predicted molar refractivity (Wildman–Crippen MR) is 150 cm³/mol. The van der Waals surface area contributed by atoms with E-state index in [9.17, 15) is 24.8 Å². The Morgan fingerprint density at radius 2 is 2.02 bits per heavy atom. The molecule has 40 heavy (non-hydrogen) atoms. The zero-order chi connectivity index (χ0) is 28.6. The number of nitro groups is 1. The lowest BCUT2D eigenvalue weighted by Crippen LogP contribution is -2.35. The number of imide groups is 1. The molecule has 10 heteroatoms. The van der Waals surface area contributed by atoms with E-state index >= 15 is 0 Å². The molecule has 2 saturated heterocycles. The number of non-ortho nitro benzene ring substituents is 1. The van der Waals surface area contributed by atoms with Gasteiger partial charge in [0.05, 0.1) is 46.8 Å². The van der Waals surface area contributed by atoms with Crippen molar-refractivity contribution in [2.75, 3.05) is 25.2 Å². The Bertz CT molecular complexity index is 1420. The number of hydrogen-bond donors (Lipinski definition) is 1. The van der Waals surface area contributed by atoms with Gasteiger partial charge in [0.25, 0.3) is 5.69 Å². The molecule has 5 rings (SSSR count). The molecule has 2 aromatic rings. The van der Waals surface area contributed by atoms with Crippen molar-refractivity contribution in [1.29, 1.82) is 0 Å². The second-order valence-electron chi connectivity index (χ2n) is 10.4. The van der Waals surface area contributed by atoms with E-state index in [1.54, 1.807) is 25.3 Å². The lowest BCUT2D eigenvalue weighted by Gasteiger charge is -2.31. The molecule has 0 radical (unpaired) electrons. The highest BCUT2D eigenvalue weighted by molar-refractivity contribution is 6.32. The van der Waals surface area contributed by atoms with Gasteiger partial charge in [-0.1, -0.05) is 36.2 Å². The smallest absolute Gasteiger partial charge is 0.271 e. The predicted octanol–water partition coefficient (Wildman–Crippen LogP) is 5.69. The van der Waals surface area contributed by atoms with Crippen molar-refractivity contribution in [2.24, 2.45) is 17.8 Å². The van der Waals surface area contributed by atoms with Gasteiger partial charge in [-0.05, 0) is 66.7 Å². The Morgan fingerprint density at radius 1 is 1.23 bits per heavy atom. The summed E-state index contributed by atoms with van der Waals surface area (Å²) in [6.45, 7) is 2.74. The summed E-state index contributed by atoms with van der Waals surface area (Å²) in [5.41, 5.74) is 4.08. The van der Waals surface area contributed by atoms with Crippen molar-refractivity contribution < 1.29 is 29.1 Å². The Kier molecular flexibility index (Phi) is 8.07. The summed E-state index contributed by atoms with van der Waals surface area (Å²) in [5.74, 6) is -1.96. The van der Waals surface area contributed by atoms with Crippen LogP contribution in [0, 0.1) is 27.9 Å². The molecule has 2 aliphatic heterocycles. The maximum atomic E-state index is 13.7. The van der Waals surface area contributed by atoms with E-state index in [1.165, 1.54) is 29.8 Å². The van der Waals surface area contributed by atoms with Crippen LogP contribution < -0.4 is 4.90 Å². The number of hydrogen-bond acceptors (Lipinski definition) is 7. The molecule has 0 spiro atoms. The SMILES string of the molecule is CC/C(=C\c1ccc(O)cc1Cl)CC[C@H]1OC[C@H]2C1=C(COC)C[C@H]1C(=O)N(c3cccc([N+](=O)[O-])c3)C(=O)[C@H]12. The fourth-order valence-electron chi connectivity index (χ4n) is 6.30. The second-order valence-corrected chi connectivity index (χ2v) is 10.9. The maximum Gasteiger partial charge on any atom is 0.271 e. The van der Waals surface area contributed by atoms with Crippen LogP contribution in [0.4, 0.5) is 11.4 Å². The van der Waals surface area contributed by atoms with Crippen LogP contribution in [0.2, 0.25) is 5.02 Å². The van der Waals surface area contributed by atoms with E-state index < -0.39 is 16.8 Å². The van der Waals surface area contributed by atoms with Crippen LogP contribution in [0.25, 0.3) is 6.08 Å². The molecule has 3 aliphatic rings. The van der Waals surface area contributed by atoms with Gasteiger partial charge in [-0.2, -0.15) is 0 Å². The van der Waals surface area contributed by atoms with E-state index in [1.807, 2.05) is 6.08 Å². The van der Waals surface area contributed by atoms with Gasteiger partial charge in [0.2, 0.25) is 11.8 Å². The molecule has 2 aromatic carbocycles. The molecule has 210 valence electrons. The van der Waals surface area contributed by atoms with Crippen molar-refractivity contribution in [2.45, 2.75) is 38.7 Å². The van der Waals surface area contributed by atoms with Crippen LogP contribution in [0.5, 0.6) is 5.75 Å². The average molecular weight is 567 g/mol. The molecule has 2 amide bonds. The van der Waals surface area contributed by atoms with E-state index in [4.69, 9.17) is 21.1 Å². The van der Waals surface area contributed by atoms with E-state index in [0.717, 1.165) is 34.5 Å². The fraction of sp³-hybridized carbons (Fsp3) is 0.400. The Labute approximate surface area is 237 Å². The number of nitro benzene ring substituents is 1. The first-order valence-electron chi connectivity index (χ1n) is 13.4. The number of aromatic hydroxyl groups is 1. The van der Waals surface area contributed by atoms with Gasteiger partial charge in [0, 0.05) is 25.2 Å². The van der Waals surface area contributed by atoms with Gasteiger partial charge in [0.1, 0.15) is 5.75 Å². The van der Waals surface area contributed by atoms with Crippen molar-refractivity contribution in [3.63, 3.8) is 0 Å². The summed E-state index contributed by atoms with van der Waals surface area (Å²) < 4.78 is 11.8. The minimum absolute atomic E-state index is 0.114. The van der Waals surface area contributed by atoms with E-state index in [-0.39, 0.29) is 41.0 Å². The van der Waals surface area contributed by atoms with Crippen molar-refractivity contribution in [1.82, 2.24) is 0 Å². The number of halogens is 1. The number of phenols is 1. The summed E-state index contributed by atoms with van der Waals surface area (Å²) in [6.07, 6.45) is 4.47. The lowest BCUT2D eigenvalue weighted by atomic mass is 9.69. The minimum atomic E-state index is -0.579. The first-order valence-corrected chi connectivity index (χ1v) is 13.7. The number of fused-ring (bicyclic) bond motifs is 3. The Balaban J connectivity index is 1.39. The molecule has 1 N–H and O–H groups in total. The van der Waals surface area contributed by atoms with Crippen LogP contribution in [-0.2, 0) is 19.1 Å². The summed E-state index contributed by atoms with van der Waals surface area (Å²) in [4.78, 5) is 39.1. The Morgan fingerprint density at radius 3 is 2.73 bits per heavy atom. The highest BCUT2D eigenvalue weighted by Gasteiger charge is 2.57. The van der Waals surface area contributed by atoms with E-state index in [2.05, 4.69) is 6.92 Å². The van der Waals surface area contributed by atoms with Gasteiger partial charge in [-0.3, -0.25) is 19.7 Å². The minimum Gasteiger partial charge on any atom is -0.508 e. The highest BCUT2D eigenvalue weighted by atomic mass is 35.5. The van der Waals surface area contributed by atoms with Crippen LogP contribution in [0.1, 0.15) is 38.2 Å². The number of methoxy groups -OCH3 is 1. The quantitative estimate of drug-likeness (QED) is 0.179. The largest absolute Gasteiger partial charge is 0.508 e. The van der Waals surface area contributed by atoms with Crippen molar-refractivity contribution in [3.05, 3.63) is 79.9 Å². The monoisotopic (exact) mass is 566 g/mol. The maximum absolute atomic E-state index is 13.7. The number of amides is 2. The third kappa shape index (κ3) is 5.16. The third-order valence-corrected chi connectivity index (χ3v) is 8.48. The number of nitrogens with zero attached hydrogens (tertiary/aromatic N) is 2. The first kappa shape index (κ1) is 28.0. The number of anilines is 1. The fourth-order valence-corrected chi connectivity index (χ4v) is 6.53. The van der Waals surface area contributed by atoms with Gasteiger partial charge in [0.15, 0.2) is 0 Å². The van der Waals surface area contributed by atoms with Crippen molar-refractivity contribution in [3.8, 4) is 5.75 Å². The molecule has 2 heterocycles. The molecule has 9 nitrogen and oxygen atoms in total. The topological polar surface area (TPSA) is 119 Å². The number of phenolic OH excluding ortho intramolecular Hbond substituents is 1. The van der Waals surface area contributed by atoms with Gasteiger partial charge in [-0.25, -0.2) is 4.90 Å². The van der Waals surface area contributed by atoms with Gasteiger partial charge in [-0.15, -0.1) is 0 Å². The van der Waals surface area contributed by atoms with Crippen molar-refractivity contribution >= 4 is 40.9 Å². The molecular formula is C30H31ClN2O7. The molecular weight excluding hydrogens is 536 g/mol. The number of carbonyl (C=O) groups excluding carboxylic acids is 2. The van der Waals surface area contributed by atoms with Crippen LogP contribution in [-0.4, -0.2) is 48.3 Å². The Hall–Kier alpha value is -3.53. The molecule has 0 unspecified atom stereocenters. The van der Waals surface area contributed by atoms with Gasteiger partial charge < -0.3 is 14.6 Å². The highest BCUT2D eigenvalue weighted by Crippen LogP contribution is 2.50. The van der Waals surface area contributed by atoms with Crippen LogP contribution >= 0.6 is 11.6 Å². The molecule has 4 atom stereocenters. The summed E-state index contributed by atoms with van der Waals surface area (Å²) in [7, 11) is 1.61. The van der Waals surface area contributed by atoms with Crippen LogP contribution in [0.15, 0.2) is 59.2 Å². The first-order chi connectivity index (χ1) is 19.2. The standard InChI is InChI=1S/C30H31ClN2O7/c1-3-17(11-18-8-9-22(34)14-25(18)31)7-10-26-27-19(15-39-2)12-23-28(24(27)16-40-26)30(36)32(29(23)35)20-5-4-6-21(13-20)33(37)38/h4-6,8-9,11,13-14,23-24,26,28,34H,3,7,10,12,15-16H2,1-2H3/b17-11+/t23-,24+,26-,28-/m1/s1. The van der Waals surface area contributed by atoms with E-state index in [0.29, 0.717) is 31.1 Å². The average Bonchev–Trinajstić information content (AvgIpc) is 3.46.